The fraction of sp³-hybridized carbons (Fsp3) is 0.958. The largest absolute Gasteiger partial charge is 0.349 e. The Balaban J connectivity index is 3.35. The molecule has 0 amide bonds. The first-order chi connectivity index (χ1) is 13.0. The van der Waals surface area contributed by atoms with Crippen molar-refractivity contribution in [2.45, 2.75) is 110 Å². The lowest BCUT2D eigenvalue weighted by molar-refractivity contribution is -0.475. The van der Waals surface area contributed by atoms with Crippen molar-refractivity contribution in [1.82, 2.24) is 9.80 Å². The van der Waals surface area contributed by atoms with Crippen LogP contribution < -0.4 is 0 Å². The van der Waals surface area contributed by atoms with E-state index < -0.39 is 0 Å². The number of unbranched alkanes of at least 4 members (excludes halogenated alkanes) is 15. The van der Waals surface area contributed by atoms with Crippen molar-refractivity contribution in [3.8, 4) is 0 Å². The lowest BCUT2D eigenvalue weighted by Crippen LogP contribution is -2.43. The molecule has 162 valence electrons. The van der Waals surface area contributed by atoms with Crippen LogP contribution in [0.15, 0.2) is 0 Å². The zero-order valence-corrected chi connectivity index (χ0v) is 19.9. The summed E-state index contributed by atoms with van der Waals surface area (Å²) in [6.07, 6.45) is 22.9. The molecule has 0 bridgehead atoms. The average Bonchev–Trinajstić information content (AvgIpc) is 2.60. The van der Waals surface area contributed by atoms with Crippen molar-refractivity contribution in [1.29, 1.82) is 0 Å². The molecule has 0 fully saturated rings. The Bertz CT molecular complexity index is 346. The van der Waals surface area contributed by atoms with Crippen LogP contribution >= 0.6 is 0 Å². The van der Waals surface area contributed by atoms with Gasteiger partial charge >= 0.3 is 5.96 Å². The third-order valence-corrected chi connectivity index (χ3v) is 5.49. The van der Waals surface area contributed by atoms with Gasteiger partial charge in [-0.3, -0.25) is 14.4 Å². The first kappa shape index (κ1) is 26.3. The summed E-state index contributed by atoms with van der Waals surface area (Å²) in [7, 11) is 10.7. The molecule has 0 rings (SSSR count). The van der Waals surface area contributed by atoms with Crippen molar-refractivity contribution < 1.29 is 4.58 Å². The maximum absolute atomic E-state index is 2.38. The van der Waals surface area contributed by atoms with E-state index in [9.17, 15) is 0 Å². The topological polar surface area (TPSA) is 9.49 Å². The summed E-state index contributed by atoms with van der Waals surface area (Å²) in [6.45, 7) is 3.45. The van der Waals surface area contributed by atoms with Gasteiger partial charge in [-0.2, -0.15) is 0 Å². The van der Waals surface area contributed by atoms with E-state index in [1.165, 1.54) is 109 Å². The molecule has 0 spiro atoms. The van der Waals surface area contributed by atoms with Gasteiger partial charge in [-0.15, -0.1) is 0 Å². The Labute approximate surface area is 172 Å². The van der Waals surface area contributed by atoms with Gasteiger partial charge in [0.25, 0.3) is 0 Å². The van der Waals surface area contributed by atoms with Crippen molar-refractivity contribution in [2.75, 3.05) is 41.8 Å². The highest BCUT2D eigenvalue weighted by molar-refractivity contribution is 5.74. The first-order valence-corrected chi connectivity index (χ1v) is 11.9. The highest BCUT2D eigenvalue weighted by Crippen LogP contribution is 2.13. The van der Waals surface area contributed by atoms with Crippen LogP contribution in [0, 0.1) is 0 Å². The van der Waals surface area contributed by atoms with Crippen LogP contribution in [0.1, 0.15) is 110 Å². The van der Waals surface area contributed by atoms with Gasteiger partial charge in [-0.05, 0) is 6.42 Å². The van der Waals surface area contributed by atoms with E-state index in [-0.39, 0.29) is 0 Å². The van der Waals surface area contributed by atoms with Gasteiger partial charge in [0.1, 0.15) is 0 Å². The summed E-state index contributed by atoms with van der Waals surface area (Å²) in [5.41, 5.74) is 0. The monoisotopic (exact) mass is 382 g/mol. The lowest BCUT2D eigenvalue weighted by Gasteiger charge is -2.21. The molecule has 3 nitrogen and oxygen atoms in total. The molecule has 0 N–H and O–H groups in total. The second kappa shape index (κ2) is 18.6. The number of nitrogens with zero attached hydrogens (tertiary/aromatic N) is 3. The Morgan fingerprint density at radius 1 is 0.556 bits per heavy atom. The number of hydrogen-bond acceptors (Lipinski definition) is 0. The number of hydrogen-bond donors (Lipinski definition) is 0. The molecule has 0 aromatic rings. The maximum Gasteiger partial charge on any atom is 0.349 e. The Hall–Kier alpha value is -0.730. The molecule has 0 unspecified atom stereocenters. The summed E-state index contributed by atoms with van der Waals surface area (Å²) < 4.78 is 2.20. The van der Waals surface area contributed by atoms with E-state index in [1.54, 1.807) is 0 Å². The van der Waals surface area contributed by atoms with Crippen LogP contribution in [0.5, 0.6) is 0 Å². The number of rotatable bonds is 17. The molecular formula is C24H52N3+. The van der Waals surface area contributed by atoms with Crippen molar-refractivity contribution in [3.63, 3.8) is 0 Å². The Kier molecular flexibility index (Phi) is 18.1. The molecule has 0 aromatic carbocycles. The van der Waals surface area contributed by atoms with E-state index in [1.807, 2.05) is 0 Å². The minimum Gasteiger partial charge on any atom is -0.270 e. The zero-order valence-electron chi connectivity index (χ0n) is 19.9. The molecule has 3 heteroatoms. The summed E-state index contributed by atoms with van der Waals surface area (Å²) in [6, 6.07) is 0. The quantitative estimate of drug-likeness (QED) is 0.125. The van der Waals surface area contributed by atoms with Crippen LogP contribution in [0.2, 0.25) is 0 Å². The van der Waals surface area contributed by atoms with Crippen molar-refractivity contribution >= 4 is 5.96 Å². The fourth-order valence-corrected chi connectivity index (χ4v) is 4.08. The molecule has 0 heterocycles. The van der Waals surface area contributed by atoms with Gasteiger partial charge in [0.05, 0.1) is 41.8 Å². The van der Waals surface area contributed by atoms with Crippen LogP contribution in [-0.4, -0.2) is 62.1 Å². The fourth-order valence-electron chi connectivity index (χ4n) is 4.08. The summed E-state index contributed by atoms with van der Waals surface area (Å²) in [5.74, 6) is 1.29. The van der Waals surface area contributed by atoms with Gasteiger partial charge in [-0.1, -0.05) is 103 Å². The molecular weight excluding hydrogens is 330 g/mol. The van der Waals surface area contributed by atoms with Crippen LogP contribution in [0.25, 0.3) is 0 Å². The first-order valence-electron chi connectivity index (χ1n) is 11.9. The van der Waals surface area contributed by atoms with Gasteiger partial charge in [0.2, 0.25) is 0 Å². The molecule has 0 aliphatic heterocycles. The standard InChI is InChI=1S/C24H52N3/c1-7-8-9-10-11-12-13-14-15-16-17-18-19-20-21-22-23-27(6)24(25(2)3)26(4)5/h7-23H2,1-6H3/q+1. The summed E-state index contributed by atoms with van der Waals surface area (Å²) in [4.78, 5) is 4.58. The van der Waals surface area contributed by atoms with Gasteiger partial charge in [-0.25, -0.2) is 0 Å². The predicted octanol–water partition coefficient (Wildman–Crippen LogP) is 6.37. The van der Waals surface area contributed by atoms with Crippen molar-refractivity contribution in [2.24, 2.45) is 0 Å². The van der Waals surface area contributed by atoms with Gasteiger partial charge < -0.3 is 0 Å². The molecule has 0 radical (unpaired) electrons. The zero-order chi connectivity index (χ0) is 20.3. The third-order valence-electron chi connectivity index (χ3n) is 5.49. The summed E-state index contributed by atoms with van der Waals surface area (Å²) in [5, 5.41) is 0. The highest BCUT2D eigenvalue weighted by Gasteiger charge is 2.17. The lowest BCUT2D eigenvalue weighted by atomic mass is 10.0. The van der Waals surface area contributed by atoms with Crippen LogP contribution in [0.4, 0.5) is 0 Å². The SMILES string of the molecule is CCCCCCCCCCCCCCCCCCN(C)C(N(C)C)=[N+](C)C. The maximum atomic E-state index is 2.38. The smallest absolute Gasteiger partial charge is 0.270 e. The van der Waals surface area contributed by atoms with Crippen LogP contribution in [0.3, 0.4) is 0 Å². The normalized spacial score (nSPS) is 10.9. The van der Waals surface area contributed by atoms with E-state index in [2.05, 4.69) is 56.5 Å². The molecule has 0 aliphatic carbocycles. The second-order valence-corrected chi connectivity index (χ2v) is 8.81. The third kappa shape index (κ3) is 16.0. The van der Waals surface area contributed by atoms with Crippen molar-refractivity contribution in [3.05, 3.63) is 0 Å². The molecule has 0 saturated heterocycles. The Morgan fingerprint density at radius 3 is 1.19 bits per heavy atom. The van der Waals surface area contributed by atoms with E-state index in [4.69, 9.17) is 0 Å². The van der Waals surface area contributed by atoms with E-state index in [0.29, 0.717) is 0 Å². The average molecular weight is 383 g/mol. The number of guanidine groups is 1. The highest BCUT2D eigenvalue weighted by atomic mass is 15.4. The molecule has 0 aliphatic rings. The van der Waals surface area contributed by atoms with Gasteiger partial charge in [0, 0.05) is 0 Å². The van der Waals surface area contributed by atoms with E-state index >= 15 is 0 Å². The van der Waals surface area contributed by atoms with E-state index in [0.717, 1.165) is 6.54 Å². The second-order valence-electron chi connectivity index (χ2n) is 8.81. The molecule has 0 aromatic heterocycles. The molecule has 0 atom stereocenters. The van der Waals surface area contributed by atoms with Crippen LogP contribution in [-0.2, 0) is 0 Å². The minimum absolute atomic E-state index is 1.16. The summed E-state index contributed by atoms with van der Waals surface area (Å²) >= 11 is 0. The molecule has 27 heavy (non-hydrogen) atoms. The predicted molar refractivity (Wildman–Crippen MR) is 123 cm³/mol. The Morgan fingerprint density at radius 2 is 0.889 bits per heavy atom. The molecule has 0 saturated carbocycles. The van der Waals surface area contributed by atoms with Gasteiger partial charge in [0.15, 0.2) is 0 Å². The minimum atomic E-state index is 1.16.